The van der Waals surface area contributed by atoms with Crippen LogP contribution in [0.2, 0.25) is 0 Å². The first-order chi connectivity index (χ1) is 8.25. The first-order valence-electron chi connectivity index (χ1n) is 5.78. The van der Waals surface area contributed by atoms with E-state index in [0.29, 0.717) is 18.3 Å². The lowest BCUT2D eigenvalue weighted by Gasteiger charge is -2.13. The van der Waals surface area contributed by atoms with Gasteiger partial charge in [0.05, 0.1) is 0 Å². The van der Waals surface area contributed by atoms with Gasteiger partial charge in [-0.2, -0.15) is 0 Å². The molecule has 2 aromatic rings. The van der Waals surface area contributed by atoms with Gasteiger partial charge in [0.25, 0.3) is 0 Å². The molecule has 2 nitrogen and oxygen atoms in total. The normalized spacial score (nSPS) is 12.5. The van der Waals surface area contributed by atoms with Gasteiger partial charge in [0.2, 0.25) is 0 Å². The molecule has 2 N–H and O–H groups in total. The Bertz CT molecular complexity index is 453. The Morgan fingerprint density at radius 3 is 2.76 bits per heavy atom. The van der Waals surface area contributed by atoms with Gasteiger partial charge >= 0.3 is 0 Å². The van der Waals surface area contributed by atoms with E-state index < -0.39 is 0 Å². The molecule has 1 aromatic heterocycles. The van der Waals surface area contributed by atoms with Gasteiger partial charge in [0.1, 0.15) is 5.75 Å². The van der Waals surface area contributed by atoms with Gasteiger partial charge in [-0.15, -0.1) is 11.3 Å². The molecule has 0 bridgehead atoms. The van der Waals surface area contributed by atoms with Crippen LogP contribution in [0.4, 0.5) is 0 Å². The molecule has 0 aliphatic rings. The fourth-order valence-electron chi connectivity index (χ4n) is 1.75. The average Bonchev–Trinajstić information content (AvgIpc) is 2.81. The van der Waals surface area contributed by atoms with E-state index in [1.165, 1.54) is 4.88 Å². The van der Waals surface area contributed by atoms with Crippen LogP contribution in [0.3, 0.4) is 0 Å². The Kier molecular flexibility index (Phi) is 4.18. The zero-order valence-electron chi connectivity index (χ0n) is 9.89. The summed E-state index contributed by atoms with van der Waals surface area (Å²) in [6, 6.07) is 12.1. The van der Waals surface area contributed by atoms with Gasteiger partial charge in [0.15, 0.2) is 0 Å². The van der Waals surface area contributed by atoms with Crippen LogP contribution < -0.4 is 5.32 Å². The van der Waals surface area contributed by atoms with E-state index in [-0.39, 0.29) is 0 Å². The molecular formula is C14H17NOS. The van der Waals surface area contributed by atoms with E-state index in [2.05, 4.69) is 29.8 Å². The maximum Gasteiger partial charge on any atom is 0.120 e. The molecule has 0 spiro atoms. The van der Waals surface area contributed by atoms with Gasteiger partial charge in [-0.05, 0) is 30.9 Å². The molecule has 0 unspecified atom stereocenters. The van der Waals surface area contributed by atoms with Crippen molar-refractivity contribution in [3.63, 3.8) is 0 Å². The molecule has 90 valence electrons. The Balaban J connectivity index is 1.84. The van der Waals surface area contributed by atoms with Gasteiger partial charge in [0, 0.05) is 23.0 Å². The molecule has 0 saturated heterocycles. The van der Waals surface area contributed by atoms with Crippen molar-refractivity contribution in [2.45, 2.75) is 25.9 Å². The van der Waals surface area contributed by atoms with Crippen LogP contribution in [0.5, 0.6) is 5.75 Å². The molecule has 0 saturated carbocycles. The molecule has 0 fully saturated rings. The molecule has 17 heavy (non-hydrogen) atoms. The van der Waals surface area contributed by atoms with Gasteiger partial charge in [-0.25, -0.2) is 0 Å². The van der Waals surface area contributed by atoms with Gasteiger partial charge in [-0.3, -0.25) is 0 Å². The molecule has 2 rings (SSSR count). The van der Waals surface area contributed by atoms with Crippen LogP contribution in [-0.2, 0) is 13.0 Å². The highest BCUT2D eigenvalue weighted by Gasteiger charge is 2.05. The Hall–Kier alpha value is -1.32. The molecule has 1 aromatic carbocycles. The fraction of sp³-hybridized carbons (Fsp3) is 0.286. The highest BCUT2D eigenvalue weighted by atomic mass is 32.1. The standard InChI is InChI=1S/C14H17NOS/c1-11(9-13-6-4-8-17-13)15-10-12-5-2-3-7-14(12)16/h2-8,11,15-16H,9-10H2,1H3/t11-/m0/s1. The summed E-state index contributed by atoms with van der Waals surface area (Å²) in [6.07, 6.45) is 1.03. The summed E-state index contributed by atoms with van der Waals surface area (Å²) >= 11 is 1.79. The predicted molar refractivity (Wildman–Crippen MR) is 72.4 cm³/mol. The fourth-order valence-corrected chi connectivity index (χ4v) is 2.58. The summed E-state index contributed by atoms with van der Waals surface area (Å²) in [5.41, 5.74) is 0.950. The Morgan fingerprint density at radius 2 is 2.06 bits per heavy atom. The molecule has 1 heterocycles. The predicted octanol–water partition coefficient (Wildman–Crippen LogP) is 3.17. The number of nitrogens with one attached hydrogen (secondary N) is 1. The minimum atomic E-state index is 0.364. The van der Waals surface area contributed by atoms with E-state index in [9.17, 15) is 5.11 Å². The summed E-state index contributed by atoms with van der Waals surface area (Å²) in [7, 11) is 0. The van der Waals surface area contributed by atoms with Crippen LogP contribution in [-0.4, -0.2) is 11.1 Å². The summed E-state index contributed by atoms with van der Waals surface area (Å²) in [4.78, 5) is 1.39. The third-order valence-electron chi connectivity index (χ3n) is 2.72. The third-order valence-corrected chi connectivity index (χ3v) is 3.62. The smallest absolute Gasteiger partial charge is 0.120 e. The monoisotopic (exact) mass is 247 g/mol. The second-order valence-electron chi connectivity index (χ2n) is 4.19. The number of phenols is 1. The zero-order chi connectivity index (χ0) is 12.1. The maximum atomic E-state index is 9.64. The first-order valence-corrected chi connectivity index (χ1v) is 6.66. The van der Waals surface area contributed by atoms with Gasteiger partial charge < -0.3 is 10.4 Å². The number of rotatable bonds is 5. The zero-order valence-corrected chi connectivity index (χ0v) is 10.7. The van der Waals surface area contributed by atoms with Crippen molar-refractivity contribution in [1.29, 1.82) is 0 Å². The summed E-state index contributed by atoms with van der Waals surface area (Å²) in [6.45, 7) is 2.87. The minimum Gasteiger partial charge on any atom is -0.508 e. The highest BCUT2D eigenvalue weighted by Crippen LogP contribution is 2.16. The van der Waals surface area contributed by atoms with Crippen molar-refractivity contribution in [1.82, 2.24) is 5.32 Å². The van der Waals surface area contributed by atoms with E-state index in [1.807, 2.05) is 18.2 Å². The van der Waals surface area contributed by atoms with Crippen LogP contribution in [0.1, 0.15) is 17.4 Å². The molecule has 1 atom stereocenters. The molecule has 0 aliphatic heterocycles. The number of phenolic OH excluding ortho intramolecular Hbond substituents is 1. The summed E-state index contributed by atoms with van der Waals surface area (Å²) in [5.74, 6) is 0.364. The highest BCUT2D eigenvalue weighted by molar-refractivity contribution is 7.09. The van der Waals surface area contributed by atoms with Crippen LogP contribution in [0.25, 0.3) is 0 Å². The largest absolute Gasteiger partial charge is 0.508 e. The van der Waals surface area contributed by atoms with Gasteiger partial charge in [-0.1, -0.05) is 24.3 Å². The van der Waals surface area contributed by atoms with Crippen molar-refractivity contribution in [2.24, 2.45) is 0 Å². The Morgan fingerprint density at radius 1 is 1.24 bits per heavy atom. The van der Waals surface area contributed by atoms with Crippen LogP contribution in [0.15, 0.2) is 41.8 Å². The minimum absolute atomic E-state index is 0.364. The van der Waals surface area contributed by atoms with Crippen molar-refractivity contribution in [2.75, 3.05) is 0 Å². The van der Waals surface area contributed by atoms with Crippen molar-refractivity contribution in [3.8, 4) is 5.75 Å². The third kappa shape index (κ3) is 3.58. The number of para-hydroxylation sites is 1. The molecular weight excluding hydrogens is 230 g/mol. The number of benzene rings is 1. The molecule has 0 radical (unpaired) electrons. The topological polar surface area (TPSA) is 32.3 Å². The summed E-state index contributed by atoms with van der Waals surface area (Å²) in [5, 5.41) is 15.2. The molecule has 0 aliphatic carbocycles. The summed E-state index contributed by atoms with van der Waals surface area (Å²) < 4.78 is 0. The van der Waals surface area contributed by atoms with E-state index in [1.54, 1.807) is 17.4 Å². The quantitative estimate of drug-likeness (QED) is 0.850. The van der Waals surface area contributed by atoms with E-state index in [4.69, 9.17) is 0 Å². The Labute approximate surface area is 106 Å². The van der Waals surface area contributed by atoms with Crippen LogP contribution in [0, 0.1) is 0 Å². The van der Waals surface area contributed by atoms with Crippen molar-refractivity contribution >= 4 is 11.3 Å². The SMILES string of the molecule is C[C@@H](Cc1cccs1)NCc1ccccc1O. The van der Waals surface area contributed by atoms with Crippen molar-refractivity contribution in [3.05, 3.63) is 52.2 Å². The lowest BCUT2D eigenvalue weighted by molar-refractivity contribution is 0.459. The first kappa shape index (κ1) is 12.1. The average molecular weight is 247 g/mol. The number of hydrogen-bond acceptors (Lipinski definition) is 3. The number of aromatic hydroxyl groups is 1. The van der Waals surface area contributed by atoms with Crippen LogP contribution >= 0.6 is 11.3 Å². The van der Waals surface area contributed by atoms with Crippen molar-refractivity contribution < 1.29 is 5.11 Å². The lowest BCUT2D eigenvalue weighted by Crippen LogP contribution is -2.27. The van der Waals surface area contributed by atoms with E-state index in [0.717, 1.165) is 12.0 Å². The number of hydrogen-bond donors (Lipinski definition) is 2. The lowest BCUT2D eigenvalue weighted by atomic mass is 10.1. The second kappa shape index (κ2) is 5.84. The molecule has 3 heteroatoms. The second-order valence-corrected chi connectivity index (χ2v) is 5.23. The maximum absolute atomic E-state index is 9.64. The molecule has 0 amide bonds. The number of thiophene rings is 1. The van der Waals surface area contributed by atoms with E-state index >= 15 is 0 Å².